The molecule has 2 aliphatic heterocycles. The van der Waals surface area contributed by atoms with Gasteiger partial charge in [0, 0.05) is 23.7 Å². The molecule has 4 aliphatic carbocycles. The quantitative estimate of drug-likeness (QED) is 0.466. The monoisotopic (exact) mass is 400 g/mol. The van der Waals surface area contributed by atoms with Crippen LogP contribution in [0.25, 0.3) is 0 Å². The molecule has 1 N–H and O–H groups in total. The molecule has 162 valence electrons. The van der Waals surface area contributed by atoms with Crippen molar-refractivity contribution in [1.29, 1.82) is 0 Å². The van der Waals surface area contributed by atoms with Crippen LogP contribution < -0.4 is 0 Å². The maximum Gasteiger partial charge on any atom is 0.130 e. The van der Waals surface area contributed by atoms with Crippen molar-refractivity contribution >= 4 is 0 Å². The lowest BCUT2D eigenvalue weighted by atomic mass is 9.43. The predicted octanol–water partition coefficient (Wildman–Crippen LogP) is 5.98. The predicted molar refractivity (Wildman–Crippen MR) is 115 cm³/mol. The van der Waals surface area contributed by atoms with Gasteiger partial charge < -0.3 is 5.11 Å². The maximum atomic E-state index is 10.4. The number of fused-ring (bicyclic) bond motifs is 2. The lowest BCUT2D eigenvalue weighted by Crippen LogP contribution is -2.73. The highest BCUT2D eigenvalue weighted by Crippen LogP contribution is 2.72. The highest BCUT2D eigenvalue weighted by molar-refractivity contribution is 5.33. The van der Waals surface area contributed by atoms with E-state index in [1.54, 1.807) is 0 Å². The first-order valence-corrected chi connectivity index (χ1v) is 12.2. The van der Waals surface area contributed by atoms with Gasteiger partial charge in [0.25, 0.3) is 0 Å². The van der Waals surface area contributed by atoms with E-state index in [0.29, 0.717) is 23.7 Å². The first-order chi connectivity index (χ1) is 13.8. The zero-order chi connectivity index (χ0) is 20.5. The number of aliphatic hydroxyl groups excluding tert-OH is 1. The van der Waals surface area contributed by atoms with Gasteiger partial charge in [0.15, 0.2) is 0 Å². The van der Waals surface area contributed by atoms with Crippen LogP contribution in [0.5, 0.6) is 0 Å². The van der Waals surface area contributed by atoms with Gasteiger partial charge in [0.2, 0.25) is 0 Å². The summed E-state index contributed by atoms with van der Waals surface area (Å²) in [6.45, 7) is 9.54. The number of hydrogen-bond donors (Lipinski definition) is 1. The Balaban J connectivity index is 1.43. The van der Waals surface area contributed by atoms with E-state index < -0.39 is 5.60 Å². The SMILES string of the molecule is CC(C)C/C=C/C[C@H]1CC[C@@H]2[C@]1(C)CC[C@H]1[C@]23C=C[C@]2(C[C@@H](O)CC[C@]12C)OO3. The molecular weight excluding hydrogens is 360 g/mol. The average molecular weight is 401 g/mol. The Morgan fingerprint density at radius 2 is 1.83 bits per heavy atom. The number of allylic oxidation sites excluding steroid dienone is 2. The van der Waals surface area contributed by atoms with Crippen molar-refractivity contribution in [3.63, 3.8) is 0 Å². The highest BCUT2D eigenvalue weighted by Gasteiger charge is 2.74. The standard InChI is InChI=1S/C26H40O3/c1-18(2)7-5-6-8-19-9-10-21-23(19,3)13-12-22-24(4)14-11-20(27)17-25(24)15-16-26(21,22)29-28-25/h5-6,15-16,18-22,27H,7-14,17H2,1-4H3/b6-5+/t19-,20-,21+,22+,23+,24+,25+,26-/m0/s1. The third kappa shape index (κ3) is 2.66. The molecule has 2 spiro atoms. The molecule has 0 aromatic heterocycles. The molecule has 8 atom stereocenters. The minimum absolute atomic E-state index is 0.0792. The summed E-state index contributed by atoms with van der Waals surface area (Å²) in [7, 11) is 0. The van der Waals surface area contributed by atoms with Crippen molar-refractivity contribution in [3.8, 4) is 0 Å². The zero-order valence-corrected chi connectivity index (χ0v) is 18.8. The molecule has 0 unspecified atom stereocenters. The van der Waals surface area contributed by atoms with Crippen LogP contribution >= 0.6 is 0 Å². The summed E-state index contributed by atoms with van der Waals surface area (Å²) in [5.41, 5.74) is -0.283. The van der Waals surface area contributed by atoms with Gasteiger partial charge in [0.05, 0.1) is 6.10 Å². The molecule has 29 heavy (non-hydrogen) atoms. The smallest absolute Gasteiger partial charge is 0.130 e. The Morgan fingerprint density at radius 3 is 2.55 bits per heavy atom. The molecule has 3 heteroatoms. The van der Waals surface area contributed by atoms with E-state index in [4.69, 9.17) is 9.78 Å². The topological polar surface area (TPSA) is 38.7 Å². The Hall–Kier alpha value is -0.640. The van der Waals surface area contributed by atoms with Crippen LogP contribution in [0.2, 0.25) is 0 Å². The van der Waals surface area contributed by atoms with Crippen molar-refractivity contribution in [2.45, 2.75) is 103 Å². The van der Waals surface area contributed by atoms with E-state index in [1.807, 2.05) is 0 Å². The Morgan fingerprint density at radius 1 is 1.00 bits per heavy atom. The molecule has 0 aromatic rings. The second-order valence-corrected chi connectivity index (χ2v) is 11.8. The van der Waals surface area contributed by atoms with E-state index in [1.165, 1.54) is 38.5 Å². The van der Waals surface area contributed by atoms with Gasteiger partial charge in [0.1, 0.15) is 11.2 Å². The number of hydrogen-bond acceptors (Lipinski definition) is 3. The van der Waals surface area contributed by atoms with Crippen LogP contribution in [0.3, 0.4) is 0 Å². The van der Waals surface area contributed by atoms with Gasteiger partial charge in [-0.05, 0) is 74.7 Å². The number of rotatable bonds is 4. The van der Waals surface area contributed by atoms with Crippen LogP contribution in [-0.4, -0.2) is 22.4 Å². The summed E-state index contributed by atoms with van der Waals surface area (Å²) in [6, 6.07) is 0. The molecule has 6 rings (SSSR count). The molecule has 4 fully saturated rings. The molecule has 1 saturated heterocycles. The van der Waals surface area contributed by atoms with Crippen LogP contribution in [0, 0.1) is 34.5 Å². The fourth-order valence-corrected chi connectivity index (χ4v) is 8.22. The zero-order valence-electron chi connectivity index (χ0n) is 18.8. The van der Waals surface area contributed by atoms with E-state index in [0.717, 1.165) is 24.7 Å². The lowest BCUT2D eigenvalue weighted by Gasteiger charge is -2.69. The van der Waals surface area contributed by atoms with Crippen LogP contribution in [0.4, 0.5) is 0 Å². The third-order valence-corrected chi connectivity index (χ3v) is 10.0. The van der Waals surface area contributed by atoms with Gasteiger partial charge in [-0.3, -0.25) is 0 Å². The normalized spacial score (nSPS) is 53.3. The summed E-state index contributed by atoms with van der Waals surface area (Å²) < 4.78 is 0. The van der Waals surface area contributed by atoms with Crippen molar-refractivity contribution in [1.82, 2.24) is 0 Å². The third-order valence-electron chi connectivity index (χ3n) is 10.0. The highest BCUT2D eigenvalue weighted by atomic mass is 17.2. The fraction of sp³-hybridized carbons (Fsp3) is 0.846. The summed E-state index contributed by atoms with van der Waals surface area (Å²) in [6.07, 6.45) is 19.4. The maximum absolute atomic E-state index is 10.4. The minimum atomic E-state index is -0.428. The molecule has 0 radical (unpaired) electrons. The molecular formula is C26H40O3. The summed E-state index contributed by atoms with van der Waals surface area (Å²) >= 11 is 0. The average Bonchev–Trinajstić information content (AvgIpc) is 3.02. The molecule has 2 heterocycles. The van der Waals surface area contributed by atoms with Crippen LogP contribution in [-0.2, 0) is 9.78 Å². The van der Waals surface area contributed by atoms with E-state index in [-0.39, 0.29) is 17.1 Å². The van der Waals surface area contributed by atoms with Crippen molar-refractivity contribution in [3.05, 3.63) is 24.3 Å². The van der Waals surface area contributed by atoms with Gasteiger partial charge >= 0.3 is 0 Å². The first kappa shape index (κ1) is 20.3. The minimum Gasteiger partial charge on any atom is -0.393 e. The molecule has 2 bridgehead atoms. The molecule has 6 aliphatic rings. The van der Waals surface area contributed by atoms with E-state index >= 15 is 0 Å². The van der Waals surface area contributed by atoms with Crippen molar-refractivity contribution in [2.24, 2.45) is 34.5 Å². The van der Waals surface area contributed by atoms with Gasteiger partial charge in [-0.25, -0.2) is 9.78 Å². The second kappa shape index (κ2) is 6.68. The van der Waals surface area contributed by atoms with Crippen LogP contribution in [0.1, 0.15) is 85.5 Å². The Labute approximate surface area is 176 Å². The van der Waals surface area contributed by atoms with Gasteiger partial charge in [-0.1, -0.05) is 45.9 Å². The van der Waals surface area contributed by atoms with Gasteiger partial charge in [-0.15, -0.1) is 0 Å². The summed E-state index contributed by atoms with van der Waals surface area (Å²) in [5.74, 6) is 2.53. The van der Waals surface area contributed by atoms with E-state index in [9.17, 15) is 5.11 Å². The molecule has 0 amide bonds. The fourth-order valence-electron chi connectivity index (χ4n) is 8.22. The summed E-state index contributed by atoms with van der Waals surface area (Å²) in [4.78, 5) is 12.7. The Bertz CT molecular complexity index is 713. The van der Waals surface area contributed by atoms with E-state index in [2.05, 4.69) is 52.0 Å². The Kier molecular flexibility index (Phi) is 4.67. The lowest BCUT2D eigenvalue weighted by molar-refractivity contribution is -0.497. The molecule has 3 saturated carbocycles. The molecule has 0 aromatic carbocycles. The largest absolute Gasteiger partial charge is 0.393 e. The second-order valence-electron chi connectivity index (χ2n) is 11.8. The van der Waals surface area contributed by atoms with Gasteiger partial charge in [-0.2, -0.15) is 0 Å². The van der Waals surface area contributed by atoms with Crippen molar-refractivity contribution < 1.29 is 14.9 Å². The van der Waals surface area contributed by atoms with Crippen LogP contribution in [0.15, 0.2) is 24.3 Å². The number of aliphatic hydroxyl groups is 1. The van der Waals surface area contributed by atoms with Crippen molar-refractivity contribution in [2.75, 3.05) is 0 Å². The molecule has 3 nitrogen and oxygen atoms in total. The summed E-state index contributed by atoms with van der Waals surface area (Å²) in [5, 5.41) is 10.4. The first-order valence-electron chi connectivity index (χ1n) is 12.2.